The smallest absolute Gasteiger partial charge is 0.462 e. The maximum absolute atomic E-state index is 13.1. The molecule has 0 saturated carbocycles. The predicted molar refractivity (Wildman–Crippen MR) is 391 cm³/mol. The van der Waals surface area contributed by atoms with E-state index in [-0.39, 0.29) is 25.7 Å². The van der Waals surface area contributed by atoms with Gasteiger partial charge in [0, 0.05) is 25.7 Å². The van der Waals surface area contributed by atoms with Crippen LogP contribution in [0.5, 0.6) is 0 Å². The Morgan fingerprint density at radius 1 is 0.292 bits per heavy atom. The Morgan fingerprint density at radius 2 is 0.521 bits per heavy atom. The number of carbonyl (C=O) groups is 4. The first kappa shape index (κ1) is 93.3. The summed E-state index contributed by atoms with van der Waals surface area (Å²) in [5, 5.41) is 10.6. The summed E-state index contributed by atoms with van der Waals surface area (Å²) in [6.45, 7) is 4.87. The molecule has 0 rings (SSSR count). The van der Waals surface area contributed by atoms with Gasteiger partial charge in [0.05, 0.1) is 26.4 Å². The summed E-state index contributed by atoms with van der Waals surface area (Å²) >= 11 is 0. The predicted octanol–water partition coefficient (Wildman–Crippen LogP) is 22.3. The molecule has 0 radical (unpaired) electrons. The number of phosphoric ester groups is 2. The van der Waals surface area contributed by atoms with Crippen molar-refractivity contribution in [3.8, 4) is 0 Å². The van der Waals surface area contributed by atoms with E-state index in [1.54, 1.807) is 0 Å². The third kappa shape index (κ3) is 69.7. The highest BCUT2D eigenvalue weighted by atomic mass is 31.2. The highest BCUT2D eigenvalue weighted by molar-refractivity contribution is 7.47. The highest BCUT2D eigenvalue weighted by Crippen LogP contribution is 2.45. The third-order valence-electron chi connectivity index (χ3n) is 17.1. The molecule has 0 saturated heterocycles. The van der Waals surface area contributed by atoms with E-state index >= 15 is 0 Å². The van der Waals surface area contributed by atoms with Crippen molar-refractivity contribution in [2.24, 2.45) is 0 Å². The van der Waals surface area contributed by atoms with Gasteiger partial charge in [-0.25, -0.2) is 9.13 Å². The monoisotopic (exact) mass is 1400 g/mol. The van der Waals surface area contributed by atoms with Crippen LogP contribution in [0.1, 0.15) is 374 Å². The molecule has 0 aromatic heterocycles. The van der Waals surface area contributed by atoms with Crippen LogP contribution in [0.4, 0.5) is 0 Å². The maximum Gasteiger partial charge on any atom is 0.472 e. The van der Waals surface area contributed by atoms with Crippen molar-refractivity contribution in [2.75, 3.05) is 39.6 Å². The summed E-state index contributed by atoms with van der Waals surface area (Å²) in [6.07, 6.45) is 65.6. The van der Waals surface area contributed by atoms with Crippen molar-refractivity contribution in [1.82, 2.24) is 0 Å². The first-order chi connectivity index (χ1) is 46.7. The Bertz CT molecular complexity index is 1970. The molecule has 0 heterocycles. The fourth-order valence-corrected chi connectivity index (χ4v) is 12.6. The number of phosphoric acid groups is 2. The second-order valence-corrected chi connectivity index (χ2v) is 29.6. The molecule has 564 valence electrons. The molecule has 0 aliphatic heterocycles. The summed E-state index contributed by atoms with van der Waals surface area (Å²) in [6, 6.07) is 0. The van der Waals surface area contributed by atoms with Crippen molar-refractivity contribution in [1.29, 1.82) is 0 Å². The van der Waals surface area contributed by atoms with E-state index in [2.05, 4.69) is 64.2 Å². The zero-order valence-electron chi connectivity index (χ0n) is 61.6. The summed E-state index contributed by atoms with van der Waals surface area (Å²) < 4.78 is 68.5. The van der Waals surface area contributed by atoms with Crippen molar-refractivity contribution in [2.45, 2.75) is 393 Å². The molecule has 0 fully saturated rings. The number of allylic oxidation sites excluding steroid dienone is 6. The van der Waals surface area contributed by atoms with Gasteiger partial charge in [0.15, 0.2) is 12.2 Å². The fourth-order valence-electron chi connectivity index (χ4n) is 11.1. The minimum atomic E-state index is -4.97. The van der Waals surface area contributed by atoms with Crippen LogP contribution in [0.3, 0.4) is 0 Å². The van der Waals surface area contributed by atoms with Crippen LogP contribution in [0.15, 0.2) is 36.5 Å². The van der Waals surface area contributed by atoms with Crippen molar-refractivity contribution in [3.63, 3.8) is 0 Å². The average Bonchev–Trinajstić information content (AvgIpc) is 1.98. The van der Waals surface area contributed by atoms with Gasteiger partial charge >= 0.3 is 39.5 Å². The summed E-state index contributed by atoms with van der Waals surface area (Å²) in [5.74, 6) is -2.16. The number of rotatable bonds is 75. The lowest BCUT2D eigenvalue weighted by atomic mass is 10.0. The zero-order chi connectivity index (χ0) is 70.4. The van der Waals surface area contributed by atoms with Gasteiger partial charge in [0.25, 0.3) is 0 Å². The van der Waals surface area contributed by atoms with Crippen LogP contribution in [0.25, 0.3) is 0 Å². The largest absolute Gasteiger partial charge is 0.472 e. The van der Waals surface area contributed by atoms with E-state index in [1.165, 1.54) is 167 Å². The lowest BCUT2D eigenvalue weighted by Crippen LogP contribution is -2.30. The van der Waals surface area contributed by atoms with Gasteiger partial charge in [-0.15, -0.1) is 0 Å². The molecule has 0 bridgehead atoms. The van der Waals surface area contributed by atoms with Gasteiger partial charge in [-0.2, -0.15) is 0 Å². The summed E-state index contributed by atoms with van der Waals surface area (Å²) in [4.78, 5) is 72.8. The number of carbonyl (C=O) groups excluding carboxylic acids is 4. The minimum Gasteiger partial charge on any atom is -0.462 e. The molecule has 0 aromatic carbocycles. The van der Waals surface area contributed by atoms with Crippen LogP contribution >= 0.6 is 15.6 Å². The lowest BCUT2D eigenvalue weighted by molar-refractivity contribution is -0.161. The standard InChI is InChI=1S/C77H144O17P2/c1-5-9-13-17-21-25-29-32-35-38-42-45-49-53-57-61-74(79)87-67-72(93-76(81)63-59-55-51-47-41-28-24-20-16-12-8-4)69-91-95(83,84)89-65-71(78)66-90-96(85,86)92-70-73(94-77(82)64-60-56-52-48-44-40-37-34-31-27-23-19-15-11-7-3)68-88-75(80)62-58-54-50-46-43-39-36-33-30-26-22-18-14-10-6-2/h20,22,24,26,33,36,71-73,78H,5-19,21,23,25,27-32,34-35,37-70H2,1-4H3,(H,83,84)(H,85,86)/b24-20-,26-22-,36-33-. The Kier molecular flexibility index (Phi) is 68.7. The number of aliphatic hydroxyl groups excluding tert-OH is 1. The number of ether oxygens (including phenoxy) is 4. The van der Waals surface area contributed by atoms with E-state index in [0.29, 0.717) is 25.7 Å². The molecule has 96 heavy (non-hydrogen) atoms. The van der Waals surface area contributed by atoms with Crippen LogP contribution in [-0.4, -0.2) is 96.7 Å². The van der Waals surface area contributed by atoms with Crippen LogP contribution in [-0.2, 0) is 65.4 Å². The first-order valence-electron chi connectivity index (χ1n) is 39.2. The molecule has 0 aliphatic carbocycles. The van der Waals surface area contributed by atoms with Crippen molar-refractivity contribution >= 4 is 39.5 Å². The van der Waals surface area contributed by atoms with Crippen LogP contribution < -0.4 is 0 Å². The normalized spacial score (nSPS) is 14.1. The molecular formula is C77H144O17P2. The van der Waals surface area contributed by atoms with Crippen molar-refractivity contribution < 1.29 is 80.2 Å². The molecule has 19 heteroatoms. The Hall–Kier alpha value is -2.72. The third-order valence-corrected chi connectivity index (χ3v) is 19.0. The fraction of sp³-hybridized carbons (Fsp3) is 0.870. The minimum absolute atomic E-state index is 0.0917. The first-order valence-corrected chi connectivity index (χ1v) is 42.2. The van der Waals surface area contributed by atoms with Gasteiger partial charge in [-0.3, -0.25) is 37.3 Å². The summed E-state index contributed by atoms with van der Waals surface area (Å²) in [5.41, 5.74) is 0. The van der Waals surface area contributed by atoms with Crippen LogP contribution in [0, 0.1) is 0 Å². The molecule has 5 atom stereocenters. The van der Waals surface area contributed by atoms with Gasteiger partial charge < -0.3 is 33.8 Å². The van der Waals surface area contributed by atoms with E-state index in [9.17, 15) is 43.2 Å². The van der Waals surface area contributed by atoms with E-state index in [1.807, 2.05) is 0 Å². The Morgan fingerprint density at radius 3 is 0.833 bits per heavy atom. The van der Waals surface area contributed by atoms with E-state index in [4.69, 9.17) is 37.0 Å². The highest BCUT2D eigenvalue weighted by Gasteiger charge is 2.30. The quantitative estimate of drug-likeness (QED) is 0.0169. The van der Waals surface area contributed by atoms with E-state index < -0.39 is 97.5 Å². The SMILES string of the molecule is CCCC/C=C\CCCCCCCC(=O)OC(COC(=O)CCCCCCCCCCCCCCCCC)COP(=O)(O)OCC(O)COP(=O)(O)OCC(COC(=O)CCCCCCC/C=C\C/C=C\CCCCC)OC(=O)CCCCCCCCCCCCCCCCC. The molecule has 0 spiro atoms. The molecule has 0 amide bonds. The Labute approximate surface area is 585 Å². The average molecular weight is 1400 g/mol. The number of hydrogen-bond acceptors (Lipinski definition) is 15. The maximum atomic E-state index is 13.1. The van der Waals surface area contributed by atoms with E-state index in [0.717, 1.165) is 128 Å². The van der Waals surface area contributed by atoms with Crippen LogP contribution in [0.2, 0.25) is 0 Å². The summed E-state index contributed by atoms with van der Waals surface area (Å²) in [7, 11) is -9.93. The number of esters is 4. The number of aliphatic hydroxyl groups is 1. The van der Waals surface area contributed by atoms with Crippen molar-refractivity contribution in [3.05, 3.63) is 36.5 Å². The molecule has 0 aromatic rings. The lowest BCUT2D eigenvalue weighted by Gasteiger charge is -2.21. The second kappa shape index (κ2) is 70.7. The molecular weight excluding hydrogens is 1260 g/mol. The second-order valence-electron chi connectivity index (χ2n) is 26.7. The zero-order valence-corrected chi connectivity index (χ0v) is 63.4. The van der Waals surface area contributed by atoms with Gasteiger partial charge in [-0.05, 0) is 77.0 Å². The molecule has 5 unspecified atom stereocenters. The topological polar surface area (TPSA) is 237 Å². The van der Waals surface area contributed by atoms with Gasteiger partial charge in [0.2, 0.25) is 0 Å². The molecule has 0 aliphatic rings. The Balaban J connectivity index is 5.28. The number of unbranched alkanes of at least 4 members (excludes halogenated alkanes) is 43. The van der Waals surface area contributed by atoms with Gasteiger partial charge in [-0.1, -0.05) is 308 Å². The molecule has 3 N–H and O–H groups in total. The number of hydrogen-bond donors (Lipinski definition) is 3. The van der Waals surface area contributed by atoms with Gasteiger partial charge in [0.1, 0.15) is 19.3 Å². The molecule has 17 nitrogen and oxygen atoms in total.